The van der Waals surface area contributed by atoms with Crippen LogP contribution < -0.4 is 10.6 Å². The van der Waals surface area contributed by atoms with Crippen LogP contribution in [0.25, 0.3) is 0 Å². The number of carbonyl (C=O) groups is 1. The molecule has 0 radical (unpaired) electrons. The van der Waals surface area contributed by atoms with E-state index in [0.717, 1.165) is 13.0 Å². The molecule has 1 aliphatic heterocycles. The van der Waals surface area contributed by atoms with Gasteiger partial charge in [0.05, 0.1) is 4.90 Å². The van der Waals surface area contributed by atoms with Crippen LogP contribution in [0.2, 0.25) is 0 Å². The van der Waals surface area contributed by atoms with Gasteiger partial charge in [-0.2, -0.15) is 4.31 Å². The summed E-state index contributed by atoms with van der Waals surface area (Å²) in [6.45, 7) is 2.49. The summed E-state index contributed by atoms with van der Waals surface area (Å²) in [5.41, 5.74) is 0.448. The smallest absolute Gasteiger partial charge is 0.251 e. The van der Waals surface area contributed by atoms with Gasteiger partial charge >= 0.3 is 0 Å². The Morgan fingerprint density at radius 2 is 1.86 bits per heavy atom. The predicted octanol–water partition coefficient (Wildman–Crippen LogP) is 0.452. The molecule has 118 valence electrons. The Labute approximate surface area is 131 Å². The zero-order valence-corrected chi connectivity index (χ0v) is 13.5. The maximum Gasteiger partial charge on any atom is 0.251 e. The number of benzene rings is 1. The fraction of sp³-hybridized carbons (Fsp3) is 0.462. The third-order valence-corrected chi connectivity index (χ3v) is 5.19. The summed E-state index contributed by atoms with van der Waals surface area (Å²) >= 11 is 0. The first-order chi connectivity index (χ1) is 9.55. The van der Waals surface area contributed by atoms with E-state index in [0.29, 0.717) is 25.2 Å². The van der Waals surface area contributed by atoms with Gasteiger partial charge in [0, 0.05) is 32.2 Å². The van der Waals surface area contributed by atoms with Gasteiger partial charge in [-0.25, -0.2) is 8.42 Å². The Morgan fingerprint density at radius 3 is 2.48 bits per heavy atom. The highest BCUT2D eigenvalue weighted by Crippen LogP contribution is 2.17. The van der Waals surface area contributed by atoms with Crippen LogP contribution in [0.5, 0.6) is 0 Å². The summed E-state index contributed by atoms with van der Waals surface area (Å²) in [6, 6.07) is 6.03. The van der Waals surface area contributed by atoms with Gasteiger partial charge in [0.1, 0.15) is 0 Å². The average molecular weight is 334 g/mol. The summed E-state index contributed by atoms with van der Waals surface area (Å²) in [5.74, 6) is -0.229. The third kappa shape index (κ3) is 4.16. The molecule has 1 aromatic rings. The summed E-state index contributed by atoms with van der Waals surface area (Å²) in [6.07, 6.45) is 0.801. The van der Waals surface area contributed by atoms with Gasteiger partial charge in [0.15, 0.2) is 0 Å². The van der Waals surface area contributed by atoms with Gasteiger partial charge in [-0.1, -0.05) is 0 Å². The fourth-order valence-electron chi connectivity index (χ4n) is 2.13. The second-order valence-corrected chi connectivity index (χ2v) is 6.55. The number of hydrogen-bond donors (Lipinski definition) is 2. The van der Waals surface area contributed by atoms with Crippen molar-refractivity contribution in [2.45, 2.75) is 11.3 Å². The van der Waals surface area contributed by atoms with E-state index in [2.05, 4.69) is 10.6 Å². The van der Waals surface area contributed by atoms with Crippen LogP contribution in [0.1, 0.15) is 16.8 Å². The number of nitrogens with one attached hydrogen (secondary N) is 2. The van der Waals surface area contributed by atoms with E-state index >= 15 is 0 Å². The first-order valence-corrected chi connectivity index (χ1v) is 8.03. The van der Waals surface area contributed by atoms with Crippen molar-refractivity contribution in [2.75, 3.05) is 33.2 Å². The van der Waals surface area contributed by atoms with E-state index in [4.69, 9.17) is 0 Å². The summed E-state index contributed by atoms with van der Waals surface area (Å²) < 4.78 is 26.5. The van der Waals surface area contributed by atoms with Crippen LogP contribution in [0.4, 0.5) is 0 Å². The molecular formula is C13H20ClN3O3S. The molecule has 2 N–H and O–H groups in total. The highest BCUT2D eigenvalue weighted by Gasteiger charge is 2.25. The van der Waals surface area contributed by atoms with Crippen molar-refractivity contribution in [1.29, 1.82) is 0 Å². The van der Waals surface area contributed by atoms with E-state index in [1.807, 2.05) is 0 Å². The molecular weight excluding hydrogens is 314 g/mol. The van der Waals surface area contributed by atoms with Crippen LogP contribution in [0, 0.1) is 0 Å². The van der Waals surface area contributed by atoms with E-state index in [9.17, 15) is 13.2 Å². The number of amides is 1. The number of sulfonamides is 1. The van der Waals surface area contributed by atoms with Crippen molar-refractivity contribution in [3.63, 3.8) is 0 Å². The Balaban J connectivity index is 0.00000220. The molecule has 0 atom stereocenters. The quantitative estimate of drug-likeness (QED) is 0.842. The highest BCUT2D eigenvalue weighted by atomic mass is 35.5. The minimum Gasteiger partial charge on any atom is -0.355 e. The first kappa shape index (κ1) is 17.9. The highest BCUT2D eigenvalue weighted by molar-refractivity contribution is 7.89. The molecule has 0 unspecified atom stereocenters. The predicted molar refractivity (Wildman–Crippen MR) is 83.3 cm³/mol. The lowest BCUT2D eigenvalue weighted by atomic mass is 10.2. The first-order valence-electron chi connectivity index (χ1n) is 6.59. The lowest BCUT2D eigenvalue weighted by Gasteiger charge is -2.19. The molecule has 1 heterocycles. The largest absolute Gasteiger partial charge is 0.355 e. The van der Waals surface area contributed by atoms with Crippen molar-refractivity contribution in [3.8, 4) is 0 Å². The molecule has 1 fully saturated rings. The minimum atomic E-state index is -3.47. The second-order valence-electron chi connectivity index (χ2n) is 4.61. The van der Waals surface area contributed by atoms with E-state index in [-0.39, 0.29) is 23.2 Å². The van der Waals surface area contributed by atoms with Crippen molar-refractivity contribution in [1.82, 2.24) is 14.9 Å². The maximum atomic E-state index is 12.5. The lowest BCUT2D eigenvalue weighted by molar-refractivity contribution is 0.0963. The van der Waals surface area contributed by atoms with E-state index in [1.165, 1.54) is 35.6 Å². The molecule has 6 nitrogen and oxygen atoms in total. The molecule has 21 heavy (non-hydrogen) atoms. The fourth-order valence-corrected chi connectivity index (χ4v) is 3.61. The van der Waals surface area contributed by atoms with Crippen LogP contribution in [0.15, 0.2) is 29.2 Å². The molecule has 0 aliphatic carbocycles. The number of carbonyl (C=O) groups excluding carboxylic acids is 1. The SMILES string of the molecule is CNC(=O)c1ccc(S(=O)(=O)N2CCCNCC2)cc1.Cl. The zero-order valence-electron chi connectivity index (χ0n) is 11.8. The minimum absolute atomic E-state index is 0. The number of rotatable bonds is 3. The molecule has 8 heteroatoms. The third-order valence-electron chi connectivity index (χ3n) is 3.28. The van der Waals surface area contributed by atoms with Gasteiger partial charge in [-0.3, -0.25) is 4.79 Å². The second kappa shape index (κ2) is 7.74. The molecule has 0 aromatic heterocycles. The zero-order chi connectivity index (χ0) is 14.6. The van der Waals surface area contributed by atoms with Gasteiger partial charge in [-0.05, 0) is 37.2 Å². The summed E-state index contributed by atoms with van der Waals surface area (Å²) in [4.78, 5) is 11.7. The van der Waals surface area contributed by atoms with Crippen LogP contribution in [-0.2, 0) is 10.0 Å². The summed E-state index contributed by atoms with van der Waals surface area (Å²) in [5, 5.41) is 5.68. The van der Waals surface area contributed by atoms with E-state index < -0.39 is 10.0 Å². The van der Waals surface area contributed by atoms with Crippen molar-refractivity contribution in [3.05, 3.63) is 29.8 Å². The van der Waals surface area contributed by atoms with Crippen LogP contribution in [-0.4, -0.2) is 51.9 Å². The average Bonchev–Trinajstić information content (AvgIpc) is 2.76. The standard InChI is InChI=1S/C13H19N3O3S.ClH/c1-14-13(17)11-3-5-12(6-4-11)20(18,19)16-9-2-7-15-8-10-16;/h3-6,15H,2,7-10H2,1H3,(H,14,17);1H. The number of nitrogens with zero attached hydrogens (tertiary/aromatic N) is 1. The number of halogens is 1. The molecule has 1 aliphatic rings. The van der Waals surface area contributed by atoms with Gasteiger partial charge in [0.25, 0.3) is 5.91 Å². The Hall–Kier alpha value is -1.15. The molecule has 1 amide bonds. The topological polar surface area (TPSA) is 78.5 Å². The van der Waals surface area contributed by atoms with Crippen molar-refractivity contribution < 1.29 is 13.2 Å². The molecule has 0 spiro atoms. The van der Waals surface area contributed by atoms with Crippen molar-refractivity contribution in [2.24, 2.45) is 0 Å². The summed E-state index contributed by atoms with van der Waals surface area (Å²) in [7, 11) is -1.93. The monoisotopic (exact) mass is 333 g/mol. The molecule has 0 saturated carbocycles. The van der Waals surface area contributed by atoms with Gasteiger partial charge in [0.2, 0.25) is 10.0 Å². The normalized spacial score (nSPS) is 16.6. The Morgan fingerprint density at radius 1 is 1.19 bits per heavy atom. The van der Waals surface area contributed by atoms with Gasteiger partial charge in [-0.15, -0.1) is 12.4 Å². The lowest BCUT2D eigenvalue weighted by Crippen LogP contribution is -2.34. The van der Waals surface area contributed by atoms with Crippen LogP contribution in [0.3, 0.4) is 0 Å². The molecule has 2 rings (SSSR count). The van der Waals surface area contributed by atoms with Crippen molar-refractivity contribution >= 4 is 28.3 Å². The Bertz CT molecular complexity index is 567. The van der Waals surface area contributed by atoms with E-state index in [1.54, 1.807) is 0 Å². The number of hydrogen-bond acceptors (Lipinski definition) is 4. The molecule has 0 bridgehead atoms. The van der Waals surface area contributed by atoms with Gasteiger partial charge < -0.3 is 10.6 Å². The van der Waals surface area contributed by atoms with Crippen LogP contribution >= 0.6 is 12.4 Å². The molecule has 1 aromatic carbocycles. The maximum absolute atomic E-state index is 12.5. The Kier molecular flexibility index (Phi) is 6.60. The molecule has 1 saturated heterocycles.